The van der Waals surface area contributed by atoms with Gasteiger partial charge in [-0.15, -0.1) is 0 Å². The van der Waals surface area contributed by atoms with Crippen molar-refractivity contribution < 1.29 is 9.53 Å². The van der Waals surface area contributed by atoms with Gasteiger partial charge in [0.05, 0.1) is 5.56 Å². The predicted molar refractivity (Wildman–Crippen MR) is 119 cm³/mol. The summed E-state index contributed by atoms with van der Waals surface area (Å²) in [5.41, 5.74) is 4.73. The molecular formula is C27H24O2. The van der Waals surface area contributed by atoms with Crippen LogP contribution in [0.4, 0.5) is 0 Å². The second-order valence-corrected chi connectivity index (χ2v) is 7.02. The third kappa shape index (κ3) is 6.23. The van der Waals surface area contributed by atoms with Crippen LogP contribution in [0.3, 0.4) is 0 Å². The van der Waals surface area contributed by atoms with E-state index in [2.05, 4.69) is 37.8 Å². The van der Waals surface area contributed by atoms with Crippen LogP contribution in [0.25, 0.3) is 6.08 Å². The zero-order chi connectivity index (χ0) is 20.5. The van der Waals surface area contributed by atoms with Crippen LogP contribution in [0.2, 0.25) is 0 Å². The quantitative estimate of drug-likeness (QED) is 0.396. The van der Waals surface area contributed by atoms with Gasteiger partial charge in [0.25, 0.3) is 0 Å². The minimum Gasteiger partial charge on any atom is -0.458 e. The Bertz CT molecular complexity index is 1020. The Balaban J connectivity index is 1.54. The lowest BCUT2D eigenvalue weighted by atomic mass is 10.0. The first-order chi connectivity index (χ1) is 14.1. The van der Waals surface area contributed by atoms with Gasteiger partial charge in [0.2, 0.25) is 0 Å². The molecule has 3 rings (SSSR count). The lowest BCUT2D eigenvalue weighted by molar-refractivity contribution is 0.0550. The third-order valence-electron chi connectivity index (χ3n) is 4.47. The Labute approximate surface area is 172 Å². The minimum atomic E-state index is -0.341. The zero-order valence-corrected chi connectivity index (χ0v) is 16.8. The number of rotatable bonds is 5. The van der Waals surface area contributed by atoms with Crippen LogP contribution in [0, 0.1) is 11.8 Å². The summed E-state index contributed by atoms with van der Waals surface area (Å²) in [7, 11) is 0. The maximum atomic E-state index is 12.1. The van der Waals surface area contributed by atoms with E-state index in [4.69, 9.17) is 4.74 Å². The average Bonchev–Trinajstić information content (AvgIpc) is 2.76. The van der Waals surface area contributed by atoms with Crippen molar-refractivity contribution in [3.63, 3.8) is 0 Å². The van der Waals surface area contributed by atoms with Crippen LogP contribution in [0.15, 0.2) is 84.9 Å². The molecule has 0 fully saturated rings. The molecule has 3 aromatic carbocycles. The summed E-state index contributed by atoms with van der Waals surface area (Å²) in [5.74, 6) is 6.46. The fourth-order valence-electron chi connectivity index (χ4n) is 2.74. The van der Waals surface area contributed by atoms with Gasteiger partial charge in [0, 0.05) is 11.1 Å². The highest BCUT2D eigenvalue weighted by molar-refractivity contribution is 5.89. The molecule has 144 valence electrons. The second kappa shape index (κ2) is 10.1. The number of hydrogen-bond acceptors (Lipinski definition) is 2. The molecule has 0 aliphatic heterocycles. The molecule has 3 aromatic rings. The first kappa shape index (κ1) is 20.2. The highest BCUT2D eigenvalue weighted by Gasteiger charge is 2.05. The Morgan fingerprint density at radius 3 is 2.03 bits per heavy atom. The van der Waals surface area contributed by atoms with Gasteiger partial charge in [-0.1, -0.05) is 74.2 Å². The summed E-state index contributed by atoms with van der Waals surface area (Å²) in [4.78, 5) is 12.1. The minimum absolute atomic E-state index is 0.238. The molecule has 0 N–H and O–H groups in total. The SMILES string of the molecule is CC(C)c1ccc(C#Cc2ccc(C(=O)OC/C=C/c3ccccc3)cc2)cc1. The summed E-state index contributed by atoms with van der Waals surface area (Å²) in [6.45, 7) is 4.58. The van der Waals surface area contributed by atoms with E-state index >= 15 is 0 Å². The summed E-state index contributed by atoms with van der Waals surface area (Å²) < 4.78 is 5.29. The molecule has 0 amide bonds. The molecule has 0 bridgehead atoms. The predicted octanol–water partition coefficient (Wildman–Crippen LogP) is 6.08. The highest BCUT2D eigenvalue weighted by Crippen LogP contribution is 2.14. The van der Waals surface area contributed by atoms with Gasteiger partial charge in [-0.3, -0.25) is 0 Å². The van der Waals surface area contributed by atoms with Crippen LogP contribution < -0.4 is 0 Å². The van der Waals surface area contributed by atoms with Crippen LogP contribution in [-0.2, 0) is 4.74 Å². The smallest absolute Gasteiger partial charge is 0.338 e. The molecule has 0 radical (unpaired) electrons. The summed E-state index contributed by atoms with van der Waals surface area (Å²) >= 11 is 0. The molecule has 0 atom stereocenters. The van der Waals surface area contributed by atoms with E-state index < -0.39 is 0 Å². The topological polar surface area (TPSA) is 26.3 Å². The zero-order valence-electron chi connectivity index (χ0n) is 16.8. The Hall–Kier alpha value is -3.57. The maximum absolute atomic E-state index is 12.1. The van der Waals surface area contributed by atoms with E-state index in [1.165, 1.54) is 5.56 Å². The average molecular weight is 380 g/mol. The number of esters is 1. The van der Waals surface area contributed by atoms with E-state index in [0.717, 1.165) is 16.7 Å². The van der Waals surface area contributed by atoms with E-state index in [-0.39, 0.29) is 12.6 Å². The fraction of sp³-hybridized carbons (Fsp3) is 0.148. The molecule has 0 aliphatic rings. The summed E-state index contributed by atoms with van der Waals surface area (Å²) in [5, 5.41) is 0. The molecule has 2 heteroatoms. The monoisotopic (exact) mass is 380 g/mol. The Morgan fingerprint density at radius 2 is 1.45 bits per heavy atom. The molecule has 0 aliphatic carbocycles. The van der Waals surface area contributed by atoms with Gasteiger partial charge in [0.1, 0.15) is 6.61 Å². The van der Waals surface area contributed by atoms with E-state index in [9.17, 15) is 4.79 Å². The van der Waals surface area contributed by atoms with Crippen molar-refractivity contribution >= 4 is 12.0 Å². The van der Waals surface area contributed by atoms with Crippen molar-refractivity contribution in [3.8, 4) is 11.8 Å². The van der Waals surface area contributed by atoms with Crippen LogP contribution in [-0.4, -0.2) is 12.6 Å². The van der Waals surface area contributed by atoms with E-state index in [0.29, 0.717) is 11.5 Å². The highest BCUT2D eigenvalue weighted by atomic mass is 16.5. The van der Waals surface area contributed by atoms with Gasteiger partial charge >= 0.3 is 5.97 Å². The van der Waals surface area contributed by atoms with E-state index in [1.807, 2.05) is 66.7 Å². The summed E-state index contributed by atoms with van der Waals surface area (Å²) in [6.07, 6.45) is 3.76. The van der Waals surface area contributed by atoms with Gasteiger partial charge in [0.15, 0.2) is 0 Å². The van der Waals surface area contributed by atoms with Crippen molar-refractivity contribution in [1.29, 1.82) is 0 Å². The Kier molecular flexibility index (Phi) is 7.03. The first-order valence-electron chi connectivity index (χ1n) is 9.72. The van der Waals surface area contributed by atoms with Crippen LogP contribution in [0.5, 0.6) is 0 Å². The van der Waals surface area contributed by atoms with Crippen molar-refractivity contribution in [3.05, 3.63) is 113 Å². The van der Waals surface area contributed by atoms with Crippen LogP contribution in [0.1, 0.15) is 52.4 Å². The lowest BCUT2D eigenvalue weighted by Crippen LogP contribution is -2.04. The number of benzene rings is 3. The van der Waals surface area contributed by atoms with Gasteiger partial charge in [-0.05, 0) is 59.5 Å². The fourth-order valence-corrected chi connectivity index (χ4v) is 2.74. The van der Waals surface area contributed by atoms with Gasteiger partial charge < -0.3 is 4.74 Å². The number of ether oxygens (including phenoxy) is 1. The molecule has 0 heterocycles. The normalized spacial score (nSPS) is 10.6. The van der Waals surface area contributed by atoms with Crippen molar-refractivity contribution in [1.82, 2.24) is 0 Å². The molecule has 0 saturated heterocycles. The van der Waals surface area contributed by atoms with Crippen molar-refractivity contribution in [2.24, 2.45) is 0 Å². The molecule has 29 heavy (non-hydrogen) atoms. The molecule has 0 saturated carbocycles. The third-order valence-corrected chi connectivity index (χ3v) is 4.47. The van der Waals surface area contributed by atoms with Gasteiger partial charge in [-0.2, -0.15) is 0 Å². The molecule has 0 spiro atoms. The molecule has 0 aromatic heterocycles. The molecule has 0 unspecified atom stereocenters. The van der Waals surface area contributed by atoms with E-state index in [1.54, 1.807) is 12.1 Å². The first-order valence-corrected chi connectivity index (χ1v) is 9.72. The second-order valence-electron chi connectivity index (χ2n) is 7.02. The standard InChI is InChI=1S/C27H24O2/c1-21(2)25-16-12-23(13-17-25)10-11-24-14-18-26(19-15-24)27(28)29-20-6-9-22-7-4-3-5-8-22/h3-9,12-19,21H,20H2,1-2H3/b9-6+. The van der Waals surface area contributed by atoms with Crippen molar-refractivity contribution in [2.45, 2.75) is 19.8 Å². The molecular weight excluding hydrogens is 356 g/mol. The lowest BCUT2D eigenvalue weighted by Gasteiger charge is -2.03. The number of carbonyl (C=O) groups is 1. The summed E-state index contributed by atoms with van der Waals surface area (Å²) in [6, 6.07) is 25.4. The number of carbonyl (C=O) groups excluding carboxylic acids is 1. The van der Waals surface area contributed by atoms with Crippen LogP contribution >= 0.6 is 0 Å². The number of hydrogen-bond donors (Lipinski definition) is 0. The van der Waals surface area contributed by atoms with Crippen molar-refractivity contribution in [2.75, 3.05) is 6.61 Å². The Morgan fingerprint density at radius 1 is 0.862 bits per heavy atom. The largest absolute Gasteiger partial charge is 0.458 e. The molecule has 2 nitrogen and oxygen atoms in total. The van der Waals surface area contributed by atoms with Gasteiger partial charge in [-0.25, -0.2) is 4.79 Å². The maximum Gasteiger partial charge on any atom is 0.338 e.